The van der Waals surface area contributed by atoms with Crippen LogP contribution in [-0.2, 0) is 6.54 Å². The zero-order valence-electron chi connectivity index (χ0n) is 20.4. The fourth-order valence-electron chi connectivity index (χ4n) is 6.02. The number of halogens is 1. The Hall–Kier alpha value is -4.01. The standard InChI is InChI=1S/C29H28FN7/c30-26-10-8-22(9-11-26)28-29(23-12-13-31-32-15-23)37-27(33-28)7-4-14-36(37)35-19-24-17-34(18-25(24)20-35)16-21-5-2-1-3-6-21/h1-15,24-25,33H,16-20H2. The molecule has 0 aliphatic carbocycles. The molecule has 0 amide bonds. The van der Waals surface area contributed by atoms with Gasteiger partial charge in [0.15, 0.2) is 0 Å². The van der Waals surface area contributed by atoms with E-state index in [1.165, 1.54) is 17.7 Å². The van der Waals surface area contributed by atoms with E-state index in [0.29, 0.717) is 11.8 Å². The van der Waals surface area contributed by atoms with Crippen molar-refractivity contribution in [1.29, 1.82) is 0 Å². The summed E-state index contributed by atoms with van der Waals surface area (Å²) >= 11 is 0. The van der Waals surface area contributed by atoms with Crippen LogP contribution < -0.4 is 5.32 Å². The smallest absolute Gasteiger partial charge is 0.132 e. The molecule has 2 saturated heterocycles. The van der Waals surface area contributed by atoms with Gasteiger partial charge >= 0.3 is 0 Å². The van der Waals surface area contributed by atoms with Crippen LogP contribution in [0, 0.1) is 17.7 Å². The minimum Gasteiger partial charge on any atom is -0.338 e. The van der Waals surface area contributed by atoms with E-state index < -0.39 is 0 Å². The van der Waals surface area contributed by atoms with E-state index >= 15 is 0 Å². The molecule has 2 aromatic carbocycles. The quantitative estimate of drug-likeness (QED) is 0.578. The number of benzene rings is 2. The third kappa shape index (κ3) is 4.08. The number of rotatable bonds is 5. The van der Waals surface area contributed by atoms with E-state index in [1.54, 1.807) is 12.4 Å². The van der Waals surface area contributed by atoms with E-state index in [4.69, 9.17) is 0 Å². The van der Waals surface area contributed by atoms with Crippen molar-refractivity contribution in [3.63, 3.8) is 0 Å². The Morgan fingerprint density at radius 2 is 1.65 bits per heavy atom. The number of likely N-dealkylation sites (tertiary alicyclic amines) is 1. The lowest BCUT2D eigenvalue weighted by Crippen LogP contribution is -2.49. The van der Waals surface area contributed by atoms with E-state index in [0.717, 1.165) is 61.1 Å². The number of nitrogens with one attached hydrogen (secondary N) is 1. The second kappa shape index (κ2) is 9.14. The zero-order chi connectivity index (χ0) is 24.8. The summed E-state index contributed by atoms with van der Waals surface area (Å²) in [6.45, 7) is 5.25. The highest BCUT2D eigenvalue weighted by Crippen LogP contribution is 2.41. The lowest BCUT2D eigenvalue weighted by molar-refractivity contribution is -0.0868. The Morgan fingerprint density at radius 3 is 2.38 bits per heavy atom. The molecule has 4 aliphatic heterocycles. The predicted octanol–water partition coefficient (Wildman–Crippen LogP) is 3.91. The van der Waals surface area contributed by atoms with Gasteiger partial charge in [0.25, 0.3) is 0 Å². The van der Waals surface area contributed by atoms with E-state index in [1.807, 2.05) is 18.2 Å². The minimum absolute atomic E-state index is 0.250. The molecule has 2 unspecified atom stereocenters. The second-order valence-electron chi connectivity index (χ2n) is 10.1. The molecule has 8 heteroatoms. The number of hydrogen-bond acceptors (Lipinski definition) is 7. The maximum Gasteiger partial charge on any atom is 0.132 e. The molecule has 0 bridgehead atoms. The third-order valence-corrected chi connectivity index (χ3v) is 7.68. The van der Waals surface area contributed by atoms with Gasteiger partial charge in [-0.3, -0.25) is 4.90 Å². The van der Waals surface area contributed by atoms with Gasteiger partial charge in [-0.1, -0.05) is 30.3 Å². The van der Waals surface area contributed by atoms with Crippen molar-refractivity contribution >= 4 is 11.4 Å². The first kappa shape index (κ1) is 22.2. The fraction of sp³-hybridized carbons (Fsp3) is 0.241. The summed E-state index contributed by atoms with van der Waals surface area (Å²) in [5.74, 6) is 1.97. The van der Waals surface area contributed by atoms with Gasteiger partial charge in [-0.05, 0) is 59.9 Å². The molecule has 2 atom stereocenters. The molecule has 186 valence electrons. The fourth-order valence-corrected chi connectivity index (χ4v) is 6.02. The molecule has 4 aliphatic rings. The van der Waals surface area contributed by atoms with Gasteiger partial charge < -0.3 is 5.32 Å². The topological polar surface area (TPSA) is 50.8 Å². The molecule has 37 heavy (non-hydrogen) atoms. The van der Waals surface area contributed by atoms with Crippen LogP contribution in [0.4, 0.5) is 4.39 Å². The highest BCUT2D eigenvalue weighted by molar-refractivity contribution is 5.92. The first-order valence-corrected chi connectivity index (χ1v) is 12.8. The third-order valence-electron chi connectivity index (χ3n) is 7.68. The number of fused-ring (bicyclic) bond motifs is 2. The summed E-state index contributed by atoms with van der Waals surface area (Å²) in [5, 5.41) is 18.6. The highest BCUT2D eigenvalue weighted by atomic mass is 19.1. The van der Waals surface area contributed by atoms with Gasteiger partial charge in [-0.15, -0.1) is 0 Å². The normalized spacial score (nSPS) is 23.3. The summed E-state index contributed by atoms with van der Waals surface area (Å²) in [5.41, 5.74) is 5.13. The zero-order valence-corrected chi connectivity index (χ0v) is 20.4. The number of nitrogens with zero attached hydrogens (tertiary/aromatic N) is 6. The molecular weight excluding hydrogens is 465 g/mol. The van der Waals surface area contributed by atoms with Crippen LogP contribution in [0.1, 0.15) is 16.7 Å². The number of aromatic nitrogens is 2. The summed E-state index contributed by atoms with van der Waals surface area (Å²) in [6, 6.07) is 19.3. The largest absolute Gasteiger partial charge is 0.338 e. The Morgan fingerprint density at radius 1 is 0.865 bits per heavy atom. The van der Waals surface area contributed by atoms with Crippen molar-refractivity contribution in [3.8, 4) is 0 Å². The molecular formula is C29H28FN7. The molecule has 3 aromatic rings. The average molecular weight is 494 g/mol. The molecule has 7 nitrogen and oxygen atoms in total. The van der Waals surface area contributed by atoms with Crippen LogP contribution in [0.5, 0.6) is 0 Å². The number of hydrogen-bond donors (Lipinski definition) is 1. The second-order valence-corrected chi connectivity index (χ2v) is 10.1. The molecule has 7 rings (SSSR count). The molecule has 1 N–H and O–H groups in total. The first-order valence-electron chi connectivity index (χ1n) is 12.8. The molecule has 2 fully saturated rings. The first-order chi connectivity index (χ1) is 18.2. The van der Waals surface area contributed by atoms with Crippen LogP contribution in [-0.4, -0.2) is 56.4 Å². The SMILES string of the molecule is Fc1ccc(C2=C(c3ccnnc3)N3C(=CC=CN3N3CC4CN(Cc5ccccc5)CC4C3)N2)cc1. The molecule has 0 radical (unpaired) electrons. The van der Waals surface area contributed by atoms with Gasteiger partial charge in [0.1, 0.15) is 11.6 Å². The lowest BCUT2D eigenvalue weighted by Gasteiger charge is -2.41. The van der Waals surface area contributed by atoms with Crippen LogP contribution in [0.15, 0.2) is 97.2 Å². The molecule has 5 heterocycles. The maximum atomic E-state index is 13.7. The number of hydrazine groups is 2. The average Bonchev–Trinajstić information content (AvgIpc) is 3.62. The summed E-state index contributed by atoms with van der Waals surface area (Å²) in [6.07, 6.45) is 9.75. The van der Waals surface area contributed by atoms with Gasteiger partial charge in [0, 0.05) is 50.1 Å². The van der Waals surface area contributed by atoms with Crippen molar-refractivity contribution < 1.29 is 4.39 Å². The lowest BCUT2D eigenvalue weighted by atomic mass is 10.0. The van der Waals surface area contributed by atoms with Gasteiger partial charge in [0.05, 0.1) is 23.8 Å². The summed E-state index contributed by atoms with van der Waals surface area (Å²) in [7, 11) is 0. The number of allylic oxidation sites excluding steroid dienone is 2. The van der Waals surface area contributed by atoms with E-state index in [2.05, 4.69) is 84.2 Å². The van der Waals surface area contributed by atoms with Crippen molar-refractivity contribution in [2.24, 2.45) is 11.8 Å². The molecule has 0 saturated carbocycles. The molecule has 0 spiro atoms. The summed E-state index contributed by atoms with van der Waals surface area (Å²) in [4.78, 5) is 2.59. The van der Waals surface area contributed by atoms with Crippen molar-refractivity contribution in [2.45, 2.75) is 6.54 Å². The van der Waals surface area contributed by atoms with Crippen molar-refractivity contribution in [1.82, 2.24) is 35.5 Å². The van der Waals surface area contributed by atoms with Crippen molar-refractivity contribution in [2.75, 3.05) is 26.2 Å². The van der Waals surface area contributed by atoms with E-state index in [-0.39, 0.29) is 5.82 Å². The van der Waals surface area contributed by atoms with Gasteiger partial charge in [-0.2, -0.15) is 10.2 Å². The van der Waals surface area contributed by atoms with Crippen LogP contribution in [0.3, 0.4) is 0 Å². The Labute approximate surface area is 215 Å². The Bertz CT molecular complexity index is 1360. The Kier molecular flexibility index (Phi) is 5.48. The maximum absolute atomic E-state index is 13.7. The highest BCUT2D eigenvalue weighted by Gasteiger charge is 2.44. The van der Waals surface area contributed by atoms with Gasteiger partial charge in [0.2, 0.25) is 0 Å². The minimum atomic E-state index is -0.250. The van der Waals surface area contributed by atoms with Crippen molar-refractivity contribution in [3.05, 3.63) is 120 Å². The van der Waals surface area contributed by atoms with Crippen LogP contribution in [0.25, 0.3) is 11.4 Å². The Balaban J connectivity index is 1.16. The van der Waals surface area contributed by atoms with Crippen LogP contribution >= 0.6 is 0 Å². The monoisotopic (exact) mass is 493 g/mol. The van der Waals surface area contributed by atoms with Crippen LogP contribution in [0.2, 0.25) is 0 Å². The van der Waals surface area contributed by atoms with Gasteiger partial charge in [-0.25, -0.2) is 19.5 Å². The predicted molar refractivity (Wildman–Crippen MR) is 140 cm³/mol. The summed E-state index contributed by atoms with van der Waals surface area (Å²) < 4.78 is 13.7. The van der Waals surface area contributed by atoms with E-state index in [9.17, 15) is 4.39 Å². The molecule has 1 aromatic heterocycles.